The highest BCUT2D eigenvalue weighted by atomic mass is 17.2. The van der Waals surface area contributed by atoms with Gasteiger partial charge in [0.1, 0.15) is 6.26 Å². The molecule has 0 aromatic heterocycles. The number of aliphatic carboxylic acids is 1. The van der Waals surface area contributed by atoms with Gasteiger partial charge in [0.25, 0.3) is 0 Å². The second-order valence-electron chi connectivity index (χ2n) is 1.23. The third-order valence-corrected chi connectivity index (χ3v) is 0.540. The fourth-order valence-electron chi connectivity index (χ4n) is 0.244. The second-order valence-corrected chi connectivity index (χ2v) is 1.23. The van der Waals surface area contributed by atoms with Gasteiger partial charge in [-0.25, -0.2) is 0 Å². The van der Waals surface area contributed by atoms with Crippen LogP contribution in [0.15, 0.2) is 12.3 Å². The average molecular weight is 132 g/mol. The third kappa shape index (κ3) is 6.97. The third-order valence-electron chi connectivity index (χ3n) is 0.540. The van der Waals surface area contributed by atoms with Gasteiger partial charge in [-0.3, -0.25) is 4.79 Å². The molecule has 0 rings (SSSR count). The summed E-state index contributed by atoms with van der Waals surface area (Å²) in [7, 11) is 1.34. The summed E-state index contributed by atoms with van der Waals surface area (Å²) in [5.41, 5.74) is 0. The van der Waals surface area contributed by atoms with E-state index in [1.807, 2.05) is 0 Å². The second kappa shape index (κ2) is 5.11. The van der Waals surface area contributed by atoms with Gasteiger partial charge in [-0.1, -0.05) is 0 Å². The largest absolute Gasteiger partial charge is 0.481 e. The molecule has 4 nitrogen and oxygen atoms in total. The first-order valence-corrected chi connectivity index (χ1v) is 2.33. The maximum absolute atomic E-state index is 9.81. The van der Waals surface area contributed by atoms with Crippen LogP contribution >= 0.6 is 0 Å². The van der Waals surface area contributed by atoms with Crippen LogP contribution in [-0.2, 0) is 14.6 Å². The Labute approximate surface area is 52.6 Å². The van der Waals surface area contributed by atoms with E-state index in [4.69, 9.17) is 5.11 Å². The Hall–Kier alpha value is -1.03. The van der Waals surface area contributed by atoms with Crippen molar-refractivity contribution >= 4 is 5.97 Å². The van der Waals surface area contributed by atoms with Gasteiger partial charge in [0.15, 0.2) is 0 Å². The lowest BCUT2D eigenvalue weighted by atomic mass is 10.4. The SMILES string of the molecule is COO/C=C/CC(=O)O. The Kier molecular flexibility index (Phi) is 4.53. The average Bonchev–Trinajstić information content (AvgIpc) is 1.80. The van der Waals surface area contributed by atoms with Gasteiger partial charge in [-0.05, 0) is 6.08 Å². The lowest BCUT2D eigenvalue weighted by Crippen LogP contribution is -1.90. The first-order chi connectivity index (χ1) is 4.27. The van der Waals surface area contributed by atoms with Gasteiger partial charge in [0.2, 0.25) is 0 Å². The Morgan fingerprint density at radius 3 is 2.89 bits per heavy atom. The van der Waals surface area contributed by atoms with Gasteiger partial charge >= 0.3 is 5.97 Å². The molecule has 0 unspecified atom stereocenters. The van der Waals surface area contributed by atoms with Crippen LogP contribution in [0, 0.1) is 0 Å². The number of rotatable bonds is 4. The van der Waals surface area contributed by atoms with E-state index in [0.29, 0.717) is 0 Å². The molecule has 0 radical (unpaired) electrons. The van der Waals surface area contributed by atoms with E-state index in [0.717, 1.165) is 0 Å². The zero-order chi connectivity index (χ0) is 7.11. The van der Waals surface area contributed by atoms with E-state index in [1.165, 1.54) is 19.4 Å². The summed E-state index contributed by atoms with van der Waals surface area (Å²) in [5, 5.41) is 8.07. The van der Waals surface area contributed by atoms with Crippen LogP contribution in [0.3, 0.4) is 0 Å². The van der Waals surface area contributed by atoms with Crippen molar-refractivity contribution in [2.24, 2.45) is 0 Å². The summed E-state index contributed by atoms with van der Waals surface area (Å²) in [4.78, 5) is 18.2. The molecule has 0 aliphatic rings. The van der Waals surface area contributed by atoms with Crippen molar-refractivity contribution in [1.82, 2.24) is 0 Å². The first-order valence-electron chi connectivity index (χ1n) is 2.33. The molecular weight excluding hydrogens is 124 g/mol. The Balaban J connectivity index is 3.14. The molecule has 0 aromatic rings. The standard InChI is InChI=1S/C5H8O4/c1-8-9-4-2-3-5(6)7/h2,4H,3H2,1H3,(H,6,7)/b4-2+. The molecule has 0 atom stereocenters. The summed E-state index contributed by atoms with van der Waals surface area (Å²) in [6, 6.07) is 0. The molecule has 0 heterocycles. The number of carboxylic acid groups (broad SMARTS) is 1. The van der Waals surface area contributed by atoms with E-state index in [1.54, 1.807) is 0 Å². The minimum atomic E-state index is -0.897. The molecule has 9 heavy (non-hydrogen) atoms. The quantitative estimate of drug-likeness (QED) is 0.345. The van der Waals surface area contributed by atoms with Crippen LogP contribution in [0.25, 0.3) is 0 Å². The molecule has 0 aliphatic carbocycles. The van der Waals surface area contributed by atoms with Crippen molar-refractivity contribution in [3.05, 3.63) is 12.3 Å². The predicted molar refractivity (Wildman–Crippen MR) is 29.5 cm³/mol. The predicted octanol–water partition coefficient (Wildman–Crippen LogP) is 0.553. The summed E-state index contributed by atoms with van der Waals surface area (Å²) in [6.45, 7) is 0. The van der Waals surface area contributed by atoms with Crippen LogP contribution in [-0.4, -0.2) is 18.2 Å². The smallest absolute Gasteiger partial charge is 0.307 e. The van der Waals surface area contributed by atoms with Crippen LogP contribution in [0.4, 0.5) is 0 Å². The molecule has 1 N–H and O–H groups in total. The Morgan fingerprint density at radius 2 is 2.44 bits per heavy atom. The highest BCUT2D eigenvalue weighted by Gasteiger charge is 1.87. The molecule has 0 fully saturated rings. The van der Waals surface area contributed by atoms with Crippen molar-refractivity contribution in [1.29, 1.82) is 0 Å². The monoisotopic (exact) mass is 132 g/mol. The molecule has 0 aromatic carbocycles. The maximum atomic E-state index is 9.81. The molecule has 0 aliphatic heterocycles. The van der Waals surface area contributed by atoms with E-state index in [-0.39, 0.29) is 6.42 Å². The maximum Gasteiger partial charge on any atom is 0.307 e. The summed E-state index contributed by atoms with van der Waals surface area (Å²) < 4.78 is 0. The van der Waals surface area contributed by atoms with Crippen molar-refractivity contribution in [2.45, 2.75) is 6.42 Å². The van der Waals surface area contributed by atoms with Crippen LogP contribution < -0.4 is 0 Å². The Bertz CT molecular complexity index is 108. The normalized spacial score (nSPS) is 9.89. The van der Waals surface area contributed by atoms with Crippen molar-refractivity contribution in [3.63, 3.8) is 0 Å². The number of carboxylic acids is 1. The number of carbonyl (C=O) groups is 1. The molecular formula is C5H8O4. The lowest BCUT2D eigenvalue weighted by Gasteiger charge is -1.88. The molecule has 0 saturated heterocycles. The fraction of sp³-hybridized carbons (Fsp3) is 0.400. The van der Waals surface area contributed by atoms with Gasteiger partial charge in [-0.15, -0.1) is 0 Å². The number of hydrogen-bond acceptors (Lipinski definition) is 3. The van der Waals surface area contributed by atoms with Crippen LogP contribution in [0.2, 0.25) is 0 Å². The highest BCUT2D eigenvalue weighted by Crippen LogP contribution is 1.83. The Morgan fingerprint density at radius 1 is 1.78 bits per heavy atom. The van der Waals surface area contributed by atoms with Crippen LogP contribution in [0.5, 0.6) is 0 Å². The van der Waals surface area contributed by atoms with Crippen molar-refractivity contribution in [3.8, 4) is 0 Å². The highest BCUT2D eigenvalue weighted by molar-refractivity contribution is 5.68. The van der Waals surface area contributed by atoms with Crippen molar-refractivity contribution < 1.29 is 19.7 Å². The van der Waals surface area contributed by atoms with E-state index in [2.05, 4.69) is 9.78 Å². The lowest BCUT2D eigenvalue weighted by molar-refractivity contribution is -0.222. The van der Waals surface area contributed by atoms with Gasteiger partial charge in [-0.2, -0.15) is 4.89 Å². The molecule has 52 valence electrons. The van der Waals surface area contributed by atoms with Gasteiger partial charge < -0.3 is 9.99 Å². The van der Waals surface area contributed by atoms with Crippen molar-refractivity contribution in [2.75, 3.05) is 7.11 Å². The van der Waals surface area contributed by atoms with E-state index >= 15 is 0 Å². The van der Waals surface area contributed by atoms with Crippen LogP contribution in [0.1, 0.15) is 6.42 Å². The topological polar surface area (TPSA) is 55.8 Å². The molecule has 0 saturated carbocycles. The first kappa shape index (κ1) is 7.97. The zero-order valence-corrected chi connectivity index (χ0v) is 5.03. The summed E-state index contributed by atoms with van der Waals surface area (Å²) >= 11 is 0. The fourth-order valence-corrected chi connectivity index (χ4v) is 0.244. The summed E-state index contributed by atoms with van der Waals surface area (Å²) in [6.07, 6.45) is 2.46. The zero-order valence-electron chi connectivity index (χ0n) is 5.03. The van der Waals surface area contributed by atoms with E-state index < -0.39 is 5.97 Å². The van der Waals surface area contributed by atoms with E-state index in [9.17, 15) is 4.79 Å². The summed E-state index contributed by atoms with van der Waals surface area (Å²) in [5.74, 6) is -0.897. The molecule has 0 spiro atoms. The van der Waals surface area contributed by atoms with Gasteiger partial charge in [0.05, 0.1) is 13.5 Å². The minimum absolute atomic E-state index is 0.0522. The molecule has 0 bridgehead atoms. The minimum Gasteiger partial charge on any atom is -0.481 e. The number of hydrogen-bond donors (Lipinski definition) is 1. The van der Waals surface area contributed by atoms with Gasteiger partial charge in [0, 0.05) is 0 Å². The molecule has 4 heteroatoms. The molecule has 0 amide bonds.